The first-order chi connectivity index (χ1) is 13.7. The van der Waals surface area contributed by atoms with Crippen molar-refractivity contribution in [3.05, 3.63) is 65.7 Å². The highest BCUT2D eigenvalue weighted by Gasteiger charge is 2.26. The van der Waals surface area contributed by atoms with Gasteiger partial charge in [-0.2, -0.15) is 0 Å². The maximum atomic E-state index is 10.6. The summed E-state index contributed by atoms with van der Waals surface area (Å²) in [7, 11) is 0. The first-order valence-electron chi connectivity index (χ1n) is 9.97. The molecule has 0 unspecified atom stereocenters. The Balaban J connectivity index is 1.45. The molecule has 0 atom stereocenters. The van der Waals surface area contributed by atoms with E-state index in [9.17, 15) is 5.11 Å². The van der Waals surface area contributed by atoms with Crippen molar-refractivity contribution in [3.8, 4) is 22.6 Å². The summed E-state index contributed by atoms with van der Waals surface area (Å²) in [6.07, 6.45) is 6.44. The highest BCUT2D eigenvalue weighted by atomic mass is 16.5. The number of imidazole rings is 1. The zero-order chi connectivity index (χ0) is 19.1. The van der Waals surface area contributed by atoms with Crippen LogP contribution in [0.25, 0.3) is 11.1 Å². The standard InChI is InChI=1S/C23H25N3O2/c1-16-4-2-3-5-21(16)17-10-18-13-25(8-9-28-23(18)22(27)11-17)14-20-12-24-15-26(20)19-6-7-19/h2-5,10-12,15,19,27H,6-9,13-14H2,1H3. The van der Waals surface area contributed by atoms with Crippen LogP contribution in [0.1, 0.15) is 35.7 Å². The van der Waals surface area contributed by atoms with Crippen LogP contribution in [0.15, 0.2) is 48.9 Å². The molecule has 1 aliphatic carbocycles. The molecule has 5 rings (SSSR count). The normalized spacial score (nSPS) is 17.0. The molecule has 0 spiro atoms. The van der Waals surface area contributed by atoms with E-state index in [1.165, 1.54) is 24.1 Å². The Morgan fingerprint density at radius 3 is 2.89 bits per heavy atom. The van der Waals surface area contributed by atoms with E-state index in [0.29, 0.717) is 18.4 Å². The maximum Gasteiger partial charge on any atom is 0.165 e. The number of phenolic OH excluding ortho intramolecular Hbond substituents is 1. The first-order valence-corrected chi connectivity index (χ1v) is 9.97. The number of aromatic nitrogens is 2. The van der Waals surface area contributed by atoms with Crippen LogP contribution in [0.3, 0.4) is 0 Å². The van der Waals surface area contributed by atoms with Crippen molar-refractivity contribution in [2.45, 2.75) is 38.9 Å². The van der Waals surface area contributed by atoms with E-state index in [1.807, 2.05) is 30.7 Å². The average molecular weight is 375 g/mol. The predicted octanol–water partition coefficient (Wildman–Crippen LogP) is 4.29. The Morgan fingerprint density at radius 1 is 1.21 bits per heavy atom. The van der Waals surface area contributed by atoms with Gasteiger partial charge in [-0.25, -0.2) is 4.98 Å². The molecule has 5 nitrogen and oxygen atoms in total. The molecule has 0 bridgehead atoms. The van der Waals surface area contributed by atoms with Gasteiger partial charge in [0, 0.05) is 37.4 Å². The van der Waals surface area contributed by atoms with Crippen LogP contribution in [0.2, 0.25) is 0 Å². The summed E-state index contributed by atoms with van der Waals surface area (Å²) in [5, 5.41) is 10.6. The van der Waals surface area contributed by atoms with Gasteiger partial charge in [-0.15, -0.1) is 0 Å². The van der Waals surface area contributed by atoms with Crippen molar-refractivity contribution in [2.75, 3.05) is 13.2 Å². The second kappa shape index (κ2) is 6.99. The van der Waals surface area contributed by atoms with E-state index in [1.54, 1.807) is 0 Å². The molecule has 2 heterocycles. The molecule has 144 valence electrons. The molecule has 1 fully saturated rings. The SMILES string of the molecule is Cc1ccccc1-c1cc(O)c2c(c1)CN(Cc1cncn1C1CC1)CCO2. The monoisotopic (exact) mass is 375 g/mol. The van der Waals surface area contributed by atoms with E-state index in [-0.39, 0.29) is 5.75 Å². The number of benzene rings is 2. The van der Waals surface area contributed by atoms with Gasteiger partial charge >= 0.3 is 0 Å². The van der Waals surface area contributed by atoms with Crippen molar-refractivity contribution in [2.24, 2.45) is 0 Å². The topological polar surface area (TPSA) is 50.5 Å². The average Bonchev–Trinajstić information content (AvgIpc) is 3.46. The molecule has 1 aliphatic heterocycles. The number of ether oxygens (including phenoxy) is 1. The number of aryl methyl sites for hydroxylation is 1. The van der Waals surface area contributed by atoms with Gasteiger partial charge in [0.15, 0.2) is 11.5 Å². The van der Waals surface area contributed by atoms with E-state index < -0.39 is 0 Å². The fourth-order valence-corrected chi connectivity index (χ4v) is 4.11. The molecular formula is C23H25N3O2. The Labute approximate surface area is 165 Å². The van der Waals surface area contributed by atoms with Gasteiger partial charge in [-0.05, 0) is 48.6 Å². The van der Waals surface area contributed by atoms with Crippen LogP contribution in [-0.2, 0) is 13.1 Å². The van der Waals surface area contributed by atoms with Crippen LogP contribution in [0.5, 0.6) is 11.5 Å². The van der Waals surface area contributed by atoms with Crippen LogP contribution in [0, 0.1) is 6.92 Å². The summed E-state index contributed by atoms with van der Waals surface area (Å²) >= 11 is 0. The minimum atomic E-state index is 0.223. The maximum absolute atomic E-state index is 10.6. The molecule has 5 heteroatoms. The largest absolute Gasteiger partial charge is 0.504 e. The highest BCUT2D eigenvalue weighted by molar-refractivity contribution is 5.71. The lowest BCUT2D eigenvalue weighted by Crippen LogP contribution is -2.26. The summed E-state index contributed by atoms with van der Waals surface area (Å²) in [4.78, 5) is 6.74. The van der Waals surface area contributed by atoms with E-state index in [0.717, 1.165) is 36.3 Å². The summed E-state index contributed by atoms with van der Waals surface area (Å²) in [6, 6.07) is 12.9. The van der Waals surface area contributed by atoms with Crippen LogP contribution in [0.4, 0.5) is 0 Å². The zero-order valence-corrected chi connectivity index (χ0v) is 16.1. The van der Waals surface area contributed by atoms with E-state index in [4.69, 9.17) is 4.74 Å². The number of phenols is 1. The Morgan fingerprint density at radius 2 is 2.07 bits per heavy atom. The van der Waals surface area contributed by atoms with Gasteiger partial charge in [0.05, 0.1) is 12.0 Å². The van der Waals surface area contributed by atoms with Crippen molar-refractivity contribution in [1.29, 1.82) is 0 Å². The van der Waals surface area contributed by atoms with Gasteiger partial charge in [0.2, 0.25) is 0 Å². The number of aromatic hydroxyl groups is 1. The Hall–Kier alpha value is -2.79. The van der Waals surface area contributed by atoms with Gasteiger partial charge in [0.25, 0.3) is 0 Å². The molecular weight excluding hydrogens is 350 g/mol. The third kappa shape index (κ3) is 3.27. The molecule has 28 heavy (non-hydrogen) atoms. The van der Waals surface area contributed by atoms with Crippen molar-refractivity contribution >= 4 is 0 Å². The smallest absolute Gasteiger partial charge is 0.165 e. The summed E-state index contributed by atoms with van der Waals surface area (Å²) in [6.45, 7) is 5.08. The Kier molecular flexibility index (Phi) is 4.32. The van der Waals surface area contributed by atoms with Crippen molar-refractivity contribution in [1.82, 2.24) is 14.5 Å². The first kappa shape index (κ1) is 17.3. The molecule has 0 amide bonds. The van der Waals surface area contributed by atoms with E-state index >= 15 is 0 Å². The van der Waals surface area contributed by atoms with Crippen molar-refractivity contribution in [3.63, 3.8) is 0 Å². The highest BCUT2D eigenvalue weighted by Crippen LogP contribution is 2.39. The predicted molar refractivity (Wildman–Crippen MR) is 108 cm³/mol. The zero-order valence-electron chi connectivity index (χ0n) is 16.1. The van der Waals surface area contributed by atoms with Crippen LogP contribution < -0.4 is 4.74 Å². The summed E-state index contributed by atoms with van der Waals surface area (Å²) < 4.78 is 8.24. The lowest BCUT2D eigenvalue weighted by atomic mass is 9.98. The fourth-order valence-electron chi connectivity index (χ4n) is 4.11. The quantitative estimate of drug-likeness (QED) is 0.739. The molecule has 0 radical (unpaired) electrons. The van der Waals surface area contributed by atoms with Gasteiger partial charge in [-0.3, -0.25) is 4.90 Å². The molecule has 0 saturated heterocycles. The Bertz CT molecular complexity index is 1010. The third-order valence-corrected chi connectivity index (χ3v) is 5.72. The summed E-state index contributed by atoms with van der Waals surface area (Å²) in [5.74, 6) is 0.844. The van der Waals surface area contributed by atoms with Crippen LogP contribution >= 0.6 is 0 Å². The minimum Gasteiger partial charge on any atom is -0.504 e. The van der Waals surface area contributed by atoms with Crippen LogP contribution in [-0.4, -0.2) is 32.7 Å². The lowest BCUT2D eigenvalue weighted by molar-refractivity contribution is 0.213. The number of hydrogen-bond donors (Lipinski definition) is 1. The second-order valence-corrected chi connectivity index (χ2v) is 7.88. The lowest BCUT2D eigenvalue weighted by Gasteiger charge is -2.20. The number of rotatable bonds is 4. The summed E-state index contributed by atoms with van der Waals surface area (Å²) in [5.41, 5.74) is 5.66. The van der Waals surface area contributed by atoms with Crippen molar-refractivity contribution < 1.29 is 9.84 Å². The molecule has 2 aromatic carbocycles. The number of hydrogen-bond acceptors (Lipinski definition) is 4. The molecule has 1 N–H and O–H groups in total. The van der Waals surface area contributed by atoms with Gasteiger partial charge in [-0.1, -0.05) is 24.3 Å². The molecule has 1 saturated carbocycles. The fraction of sp³-hybridized carbons (Fsp3) is 0.348. The molecule has 1 aromatic heterocycles. The minimum absolute atomic E-state index is 0.223. The van der Waals surface area contributed by atoms with E-state index in [2.05, 4.69) is 39.6 Å². The molecule has 3 aromatic rings. The van der Waals surface area contributed by atoms with Gasteiger partial charge < -0.3 is 14.4 Å². The second-order valence-electron chi connectivity index (χ2n) is 7.88. The number of nitrogens with zero attached hydrogens (tertiary/aromatic N) is 3. The third-order valence-electron chi connectivity index (χ3n) is 5.72. The number of fused-ring (bicyclic) bond motifs is 1. The van der Waals surface area contributed by atoms with Gasteiger partial charge in [0.1, 0.15) is 6.61 Å². The molecule has 2 aliphatic rings.